The second kappa shape index (κ2) is 8.88. The molecule has 0 bridgehead atoms. The first-order valence-electron chi connectivity index (χ1n) is 3.78. The van der Waals surface area contributed by atoms with Crippen LogP contribution in [0.3, 0.4) is 0 Å². The molecule has 0 amide bonds. The van der Waals surface area contributed by atoms with Crippen LogP contribution in [0, 0.1) is 0 Å². The van der Waals surface area contributed by atoms with E-state index in [2.05, 4.69) is 0 Å². The van der Waals surface area contributed by atoms with E-state index < -0.39 is 12.2 Å². The maximum Gasteiger partial charge on any atom is 0.0920 e. The summed E-state index contributed by atoms with van der Waals surface area (Å²) in [7, 11) is 0. The highest BCUT2D eigenvalue weighted by Crippen LogP contribution is 1.94. The Kier molecular flexibility index (Phi) is 11.1. The van der Waals surface area contributed by atoms with Crippen LogP contribution < -0.4 is 5.73 Å². The fraction of sp³-hybridized carbons (Fsp3) is 1.00. The van der Waals surface area contributed by atoms with E-state index in [1.54, 1.807) is 6.92 Å². The molecular weight excluding hydrogens is 130 g/mol. The monoisotopic (exact) mass is 149 g/mol. The van der Waals surface area contributed by atoms with Gasteiger partial charge in [0.2, 0.25) is 0 Å². The standard InChI is InChI=1S/C5H13NO2.C2H6/c1-2-4(7)5(8)3-6;1-2/h4-5,7-8H,2-3,6H2,1H3;1-2H3. The van der Waals surface area contributed by atoms with Gasteiger partial charge in [-0.3, -0.25) is 0 Å². The van der Waals surface area contributed by atoms with E-state index in [4.69, 9.17) is 15.9 Å². The topological polar surface area (TPSA) is 66.5 Å². The predicted molar refractivity (Wildman–Crippen MR) is 42.7 cm³/mol. The van der Waals surface area contributed by atoms with Crippen molar-refractivity contribution < 1.29 is 10.2 Å². The van der Waals surface area contributed by atoms with Crippen LogP contribution in [-0.4, -0.2) is 29.0 Å². The van der Waals surface area contributed by atoms with E-state index in [1.165, 1.54) is 0 Å². The normalized spacial score (nSPS) is 15.0. The Morgan fingerprint density at radius 2 is 1.60 bits per heavy atom. The molecule has 0 spiro atoms. The zero-order chi connectivity index (χ0) is 8.57. The first-order valence-corrected chi connectivity index (χ1v) is 3.78. The smallest absolute Gasteiger partial charge is 0.0920 e. The molecule has 0 radical (unpaired) electrons. The van der Waals surface area contributed by atoms with Crippen molar-refractivity contribution in [2.75, 3.05) is 6.54 Å². The van der Waals surface area contributed by atoms with Gasteiger partial charge in [-0.2, -0.15) is 0 Å². The molecule has 0 fully saturated rings. The molecule has 0 saturated carbocycles. The molecule has 0 heterocycles. The van der Waals surface area contributed by atoms with Gasteiger partial charge in [-0.1, -0.05) is 20.8 Å². The molecule has 2 atom stereocenters. The summed E-state index contributed by atoms with van der Waals surface area (Å²) in [6.45, 7) is 5.93. The lowest BCUT2D eigenvalue weighted by molar-refractivity contribution is 0.0234. The maximum atomic E-state index is 8.80. The van der Waals surface area contributed by atoms with Crippen molar-refractivity contribution in [3.05, 3.63) is 0 Å². The summed E-state index contributed by atoms with van der Waals surface area (Å²) in [6, 6.07) is 0. The number of aliphatic hydroxyl groups is 2. The molecule has 0 aromatic heterocycles. The Balaban J connectivity index is 0. The van der Waals surface area contributed by atoms with Crippen LogP contribution in [0.4, 0.5) is 0 Å². The summed E-state index contributed by atoms with van der Waals surface area (Å²) >= 11 is 0. The Morgan fingerprint density at radius 1 is 1.20 bits per heavy atom. The summed E-state index contributed by atoms with van der Waals surface area (Å²) in [6.07, 6.45) is -0.849. The largest absolute Gasteiger partial charge is 0.390 e. The van der Waals surface area contributed by atoms with E-state index >= 15 is 0 Å². The Morgan fingerprint density at radius 3 is 1.70 bits per heavy atom. The van der Waals surface area contributed by atoms with Gasteiger partial charge in [0.15, 0.2) is 0 Å². The molecule has 0 aliphatic carbocycles. The van der Waals surface area contributed by atoms with Crippen LogP contribution in [-0.2, 0) is 0 Å². The fourth-order valence-electron chi connectivity index (χ4n) is 0.429. The molecule has 0 aliphatic rings. The Hall–Kier alpha value is -0.120. The van der Waals surface area contributed by atoms with E-state index in [-0.39, 0.29) is 6.54 Å². The molecule has 4 N–H and O–H groups in total. The summed E-state index contributed by atoms with van der Waals surface area (Å²) in [5.74, 6) is 0. The first-order chi connectivity index (χ1) is 4.72. The van der Waals surface area contributed by atoms with Crippen molar-refractivity contribution in [3.8, 4) is 0 Å². The molecular formula is C7H19NO2. The van der Waals surface area contributed by atoms with E-state index in [9.17, 15) is 0 Å². The van der Waals surface area contributed by atoms with Gasteiger partial charge < -0.3 is 15.9 Å². The predicted octanol–water partition coefficient (Wildman–Crippen LogP) is 0.103. The third-order valence-electron chi connectivity index (χ3n) is 1.10. The average molecular weight is 149 g/mol. The lowest BCUT2D eigenvalue weighted by atomic mass is 10.1. The second-order valence-corrected chi connectivity index (χ2v) is 1.78. The summed E-state index contributed by atoms with van der Waals surface area (Å²) in [5, 5.41) is 17.5. The van der Waals surface area contributed by atoms with Crippen LogP contribution in [0.25, 0.3) is 0 Å². The van der Waals surface area contributed by atoms with Gasteiger partial charge in [0.05, 0.1) is 12.2 Å². The zero-order valence-corrected chi connectivity index (χ0v) is 7.04. The highest BCUT2D eigenvalue weighted by Gasteiger charge is 2.10. The summed E-state index contributed by atoms with van der Waals surface area (Å²) < 4.78 is 0. The third-order valence-corrected chi connectivity index (χ3v) is 1.10. The molecule has 10 heavy (non-hydrogen) atoms. The Bertz CT molecular complexity index is 51.6. The van der Waals surface area contributed by atoms with Gasteiger partial charge in [-0.15, -0.1) is 0 Å². The minimum absolute atomic E-state index is 0.134. The van der Waals surface area contributed by atoms with Crippen LogP contribution >= 0.6 is 0 Å². The number of hydrogen-bond acceptors (Lipinski definition) is 3. The highest BCUT2D eigenvalue weighted by atomic mass is 16.3. The van der Waals surface area contributed by atoms with Crippen molar-refractivity contribution in [2.45, 2.75) is 39.4 Å². The highest BCUT2D eigenvalue weighted by molar-refractivity contribution is 4.64. The van der Waals surface area contributed by atoms with E-state index in [0.717, 1.165) is 0 Å². The van der Waals surface area contributed by atoms with Gasteiger partial charge >= 0.3 is 0 Å². The molecule has 0 rings (SSSR count). The quantitative estimate of drug-likeness (QED) is 0.533. The Labute approximate surface area is 62.9 Å². The summed E-state index contributed by atoms with van der Waals surface area (Å²) in [5.41, 5.74) is 5.04. The number of aliphatic hydroxyl groups excluding tert-OH is 2. The van der Waals surface area contributed by atoms with Crippen molar-refractivity contribution in [3.63, 3.8) is 0 Å². The lowest BCUT2D eigenvalue weighted by Crippen LogP contribution is -2.32. The van der Waals surface area contributed by atoms with Crippen LogP contribution in [0.2, 0.25) is 0 Å². The molecule has 3 heteroatoms. The second-order valence-electron chi connectivity index (χ2n) is 1.78. The molecule has 64 valence electrons. The number of nitrogens with two attached hydrogens (primary N) is 1. The van der Waals surface area contributed by atoms with Crippen molar-refractivity contribution in [1.29, 1.82) is 0 Å². The molecule has 3 nitrogen and oxygen atoms in total. The number of rotatable bonds is 3. The van der Waals surface area contributed by atoms with Crippen LogP contribution in [0.5, 0.6) is 0 Å². The van der Waals surface area contributed by atoms with Crippen molar-refractivity contribution >= 4 is 0 Å². The minimum Gasteiger partial charge on any atom is -0.390 e. The maximum absolute atomic E-state index is 8.80. The molecule has 0 aromatic carbocycles. The van der Waals surface area contributed by atoms with Gasteiger partial charge in [0.25, 0.3) is 0 Å². The summed E-state index contributed by atoms with van der Waals surface area (Å²) in [4.78, 5) is 0. The first kappa shape index (κ1) is 12.5. The molecule has 0 aromatic rings. The van der Waals surface area contributed by atoms with Gasteiger partial charge in [-0.25, -0.2) is 0 Å². The van der Waals surface area contributed by atoms with Crippen LogP contribution in [0.1, 0.15) is 27.2 Å². The van der Waals surface area contributed by atoms with Gasteiger partial charge in [0.1, 0.15) is 0 Å². The number of hydrogen-bond donors (Lipinski definition) is 3. The van der Waals surface area contributed by atoms with Crippen molar-refractivity contribution in [2.24, 2.45) is 5.73 Å². The van der Waals surface area contributed by atoms with E-state index in [0.29, 0.717) is 6.42 Å². The fourth-order valence-corrected chi connectivity index (χ4v) is 0.429. The molecule has 0 saturated heterocycles. The van der Waals surface area contributed by atoms with Gasteiger partial charge in [0, 0.05) is 6.54 Å². The molecule has 0 aliphatic heterocycles. The van der Waals surface area contributed by atoms with Crippen molar-refractivity contribution in [1.82, 2.24) is 0 Å². The SMILES string of the molecule is CC.CCC(O)C(O)CN. The average Bonchev–Trinajstić information content (AvgIpc) is 2.05. The molecule has 2 unspecified atom stereocenters. The van der Waals surface area contributed by atoms with Crippen LogP contribution in [0.15, 0.2) is 0 Å². The zero-order valence-electron chi connectivity index (χ0n) is 7.04. The minimum atomic E-state index is -0.750. The lowest BCUT2D eigenvalue weighted by Gasteiger charge is -2.12. The van der Waals surface area contributed by atoms with E-state index in [1.807, 2.05) is 13.8 Å². The third kappa shape index (κ3) is 6.01. The van der Waals surface area contributed by atoms with Gasteiger partial charge in [-0.05, 0) is 6.42 Å².